The summed E-state index contributed by atoms with van der Waals surface area (Å²) in [5.41, 5.74) is 1.32. The number of benzene rings is 1. The van der Waals surface area contributed by atoms with Crippen LogP contribution >= 0.6 is 0 Å². The van der Waals surface area contributed by atoms with Crippen LogP contribution in [0.4, 0.5) is 11.6 Å². The van der Waals surface area contributed by atoms with Gasteiger partial charge >= 0.3 is 0 Å². The van der Waals surface area contributed by atoms with Crippen molar-refractivity contribution in [3.63, 3.8) is 0 Å². The lowest BCUT2D eigenvalue weighted by Gasteiger charge is -2.08. The highest BCUT2D eigenvalue weighted by Crippen LogP contribution is 2.10. The molecule has 0 aliphatic carbocycles. The third kappa shape index (κ3) is 3.45. The van der Waals surface area contributed by atoms with Gasteiger partial charge in [0.2, 0.25) is 0 Å². The van der Waals surface area contributed by atoms with Gasteiger partial charge in [0, 0.05) is 19.7 Å². The molecule has 2 aromatic rings. The lowest BCUT2D eigenvalue weighted by molar-refractivity contribution is 0.982. The molecule has 0 aliphatic rings. The number of nitrogens with one attached hydrogen (secondary N) is 2. The molecule has 0 atom stereocenters. The second-order valence-corrected chi connectivity index (χ2v) is 4.10. The fraction of sp³-hybridized carbons (Fsp3) is 0.286. The van der Waals surface area contributed by atoms with Crippen molar-refractivity contribution in [2.45, 2.75) is 13.3 Å². The molecule has 1 aromatic carbocycles. The third-order valence-corrected chi connectivity index (χ3v) is 2.66. The second kappa shape index (κ2) is 6.00. The summed E-state index contributed by atoms with van der Waals surface area (Å²) in [6.07, 6.45) is 0.985. The molecular weight excluding hydrogens is 224 g/mol. The Morgan fingerprint density at radius 1 is 1.06 bits per heavy atom. The molecule has 0 aliphatic heterocycles. The van der Waals surface area contributed by atoms with Crippen LogP contribution in [-0.2, 0) is 6.42 Å². The average Bonchev–Trinajstić information content (AvgIpc) is 2.39. The first kappa shape index (κ1) is 12.4. The van der Waals surface area contributed by atoms with E-state index in [1.54, 1.807) is 0 Å². The average molecular weight is 242 g/mol. The van der Waals surface area contributed by atoms with Crippen LogP contribution in [0.2, 0.25) is 0 Å². The van der Waals surface area contributed by atoms with Crippen molar-refractivity contribution in [2.75, 3.05) is 24.2 Å². The lowest BCUT2D eigenvalue weighted by Crippen LogP contribution is -2.08. The van der Waals surface area contributed by atoms with Crippen LogP contribution in [0.15, 0.2) is 36.4 Å². The van der Waals surface area contributed by atoms with Gasteiger partial charge in [-0.15, -0.1) is 0 Å². The molecule has 0 unspecified atom stereocenters. The molecule has 1 aromatic heterocycles. The molecule has 0 fully saturated rings. The molecule has 1 heterocycles. The molecule has 0 amide bonds. The van der Waals surface area contributed by atoms with Gasteiger partial charge in [0.25, 0.3) is 0 Å². The van der Waals surface area contributed by atoms with Crippen molar-refractivity contribution in [2.24, 2.45) is 0 Å². The van der Waals surface area contributed by atoms with E-state index >= 15 is 0 Å². The topological polar surface area (TPSA) is 49.8 Å². The first-order chi connectivity index (χ1) is 8.78. The van der Waals surface area contributed by atoms with Crippen molar-refractivity contribution in [1.29, 1.82) is 0 Å². The first-order valence-electron chi connectivity index (χ1n) is 6.09. The molecule has 94 valence electrons. The molecule has 2 rings (SSSR count). The van der Waals surface area contributed by atoms with Crippen LogP contribution in [0.1, 0.15) is 11.4 Å². The van der Waals surface area contributed by atoms with Crippen molar-refractivity contribution in [3.05, 3.63) is 47.8 Å². The fourth-order valence-corrected chi connectivity index (χ4v) is 1.77. The highest BCUT2D eigenvalue weighted by molar-refractivity contribution is 5.47. The molecule has 0 spiro atoms. The summed E-state index contributed by atoms with van der Waals surface area (Å²) in [5, 5.41) is 6.34. The second-order valence-electron chi connectivity index (χ2n) is 4.10. The normalized spacial score (nSPS) is 10.1. The summed E-state index contributed by atoms with van der Waals surface area (Å²) in [5.74, 6) is 2.47. The van der Waals surface area contributed by atoms with E-state index in [1.807, 2.05) is 26.1 Å². The van der Waals surface area contributed by atoms with Crippen LogP contribution in [-0.4, -0.2) is 23.6 Å². The minimum atomic E-state index is 0.768. The summed E-state index contributed by atoms with van der Waals surface area (Å²) in [6, 6.07) is 12.3. The standard InChI is InChI=1S/C14H18N4/c1-11-17-13(15-2)10-14(18-11)16-9-8-12-6-4-3-5-7-12/h3-7,10H,8-9H2,1-2H3,(H2,15,16,17,18). The van der Waals surface area contributed by atoms with E-state index in [-0.39, 0.29) is 0 Å². The number of rotatable bonds is 5. The molecule has 2 N–H and O–H groups in total. The number of hydrogen-bond acceptors (Lipinski definition) is 4. The van der Waals surface area contributed by atoms with E-state index in [0.717, 1.165) is 30.4 Å². The van der Waals surface area contributed by atoms with Crippen molar-refractivity contribution < 1.29 is 0 Å². The van der Waals surface area contributed by atoms with Gasteiger partial charge in [0.1, 0.15) is 17.5 Å². The van der Waals surface area contributed by atoms with Gasteiger partial charge in [-0.2, -0.15) is 0 Å². The van der Waals surface area contributed by atoms with Crippen LogP contribution in [0, 0.1) is 6.92 Å². The minimum Gasteiger partial charge on any atom is -0.373 e. The monoisotopic (exact) mass is 242 g/mol. The summed E-state index contributed by atoms with van der Waals surface area (Å²) in [7, 11) is 1.86. The Morgan fingerprint density at radius 3 is 2.50 bits per heavy atom. The minimum absolute atomic E-state index is 0.768. The smallest absolute Gasteiger partial charge is 0.131 e. The quantitative estimate of drug-likeness (QED) is 0.845. The molecule has 18 heavy (non-hydrogen) atoms. The molecule has 0 saturated carbocycles. The summed E-state index contributed by atoms with van der Waals surface area (Å²) >= 11 is 0. The predicted octanol–water partition coefficient (Wildman–Crippen LogP) is 2.48. The Balaban J connectivity index is 1.92. The summed E-state index contributed by atoms with van der Waals surface area (Å²) in [4.78, 5) is 8.61. The molecular formula is C14H18N4. The maximum absolute atomic E-state index is 4.35. The van der Waals surface area contributed by atoms with Crippen LogP contribution in [0.5, 0.6) is 0 Å². The summed E-state index contributed by atoms with van der Waals surface area (Å²) in [6.45, 7) is 2.76. The Hall–Kier alpha value is -2.10. The number of nitrogens with zero attached hydrogens (tertiary/aromatic N) is 2. The van der Waals surface area contributed by atoms with E-state index in [0.29, 0.717) is 0 Å². The van der Waals surface area contributed by atoms with Gasteiger partial charge in [-0.3, -0.25) is 0 Å². The zero-order chi connectivity index (χ0) is 12.8. The highest BCUT2D eigenvalue weighted by Gasteiger charge is 2.00. The number of aryl methyl sites for hydroxylation is 1. The van der Waals surface area contributed by atoms with Crippen molar-refractivity contribution in [3.8, 4) is 0 Å². The SMILES string of the molecule is CNc1cc(NCCc2ccccc2)nc(C)n1. The number of anilines is 2. The molecule has 0 saturated heterocycles. The van der Waals surface area contributed by atoms with Crippen LogP contribution in [0.3, 0.4) is 0 Å². The Morgan fingerprint density at radius 2 is 1.78 bits per heavy atom. The first-order valence-corrected chi connectivity index (χ1v) is 6.09. The highest BCUT2D eigenvalue weighted by atomic mass is 15.1. The predicted molar refractivity (Wildman–Crippen MR) is 75.0 cm³/mol. The maximum atomic E-state index is 4.35. The van der Waals surface area contributed by atoms with E-state index in [9.17, 15) is 0 Å². The van der Waals surface area contributed by atoms with Gasteiger partial charge in [0.15, 0.2) is 0 Å². The van der Waals surface area contributed by atoms with Crippen molar-refractivity contribution in [1.82, 2.24) is 9.97 Å². The van der Waals surface area contributed by atoms with E-state index in [1.165, 1.54) is 5.56 Å². The zero-order valence-electron chi connectivity index (χ0n) is 10.8. The Bertz CT molecular complexity index is 496. The summed E-state index contributed by atoms with van der Waals surface area (Å²) < 4.78 is 0. The van der Waals surface area contributed by atoms with E-state index in [4.69, 9.17) is 0 Å². The van der Waals surface area contributed by atoms with E-state index < -0.39 is 0 Å². The lowest BCUT2D eigenvalue weighted by atomic mass is 10.1. The zero-order valence-corrected chi connectivity index (χ0v) is 10.8. The number of hydrogen-bond donors (Lipinski definition) is 2. The van der Waals surface area contributed by atoms with Gasteiger partial charge in [-0.05, 0) is 18.9 Å². The van der Waals surface area contributed by atoms with Crippen molar-refractivity contribution >= 4 is 11.6 Å². The maximum Gasteiger partial charge on any atom is 0.131 e. The Kier molecular flexibility index (Phi) is 4.12. The van der Waals surface area contributed by atoms with Gasteiger partial charge in [-0.1, -0.05) is 30.3 Å². The molecule has 0 bridgehead atoms. The van der Waals surface area contributed by atoms with Crippen LogP contribution in [0.25, 0.3) is 0 Å². The third-order valence-electron chi connectivity index (χ3n) is 2.66. The molecule has 4 heteroatoms. The van der Waals surface area contributed by atoms with Crippen LogP contribution < -0.4 is 10.6 Å². The van der Waals surface area contributed by atoms with E-state index in [2.05, 4.69) is 44.9 Å². The molecule has 0 radical (unpaired) electrons. The van der Waals surface area contributed by atoms with Gasteiger partial charge in [0.05, 0.1) is 0 Å². The largest absolute Gasteiger partial charge is 0.373 e. The van der Waals surface area contributed by atoms with Gasteiger partial charge < -0.3 is 10.6 Å². The van der Waals surface area contributed by atoms with Gasteiger partial charge in [-0.25, -0.2) is 9.97 Å². The Labute approximate surface area is 107 Å². The molecule has 4 nitrogen and oxygen atoms in total. The number of aromatic nitrogens is 2. The fourth-order valence-electron chi connectivity index (χ4n) is 1.77.